The van der Waals surface area contributed by atoms with Crippen LogP contribution < -0.4 is 10.6 Å². The van der Waals surface area contributed by atoms with Gasteiger partial charge in [-0.3, -0.25) is 14.9 Å². The lowest BCUT2D eigenvalue weighted by Crippen LogP contribution is -2.56. The van der Waals surface area contributed by atoms with Gasteiger partial charge in [0, 0.05) is 29.8 Å². The number of non-ortho nitro benzene ring substituents is 1. The highest BCUT2D eigenvalue weighted by atomic mass is 35.5. The minimum absolute atomic E-state index is 0. The molecule has 0 saturated carbocycles. The van der Waals surface area contributed by atoms with Crippen molar-refractivity contribution in [3.05, 3.63) is 39.4 Å². The number of nitro benzene ring substituents is 1. The van der Waals surface area contributed by atoms with Crippen molar-refractivity contribution in [3.8, 4) is 0 Å². The topological polar surface area (TPSA) is 84.3 Å². The van der Waals surface area contributed by atoms with Gasteiger partial charge in [0.1, 0.15) is 0 Å². The standard InChI is InChI=1S/C15H21N3O3.ClH/c1-9-4-5-12(18(20)21)8-13(9)15(19)17-14-10(2)6-7-16-11(14)3;/h4-5,8,10-11,14,16H,6-7H2,1-3H3,(H,17,19);1H. The summed E-state index contributed by atoms with van der Waals surface area (Å²) in [5.41, 5.74) is 1.05. The minimum Gasteiger partial charge on any atom is -0.347 e. The van der Waals surface area contributed by atoms with E-state index in [4.69, 9.17) is 0 Å². The third kappa shape index (κ3) is 3.96. The summed E-state index contributed by atoms with van der Waals surface area (Å²) in [6.07, 6.45) is 1.00. The number of carbonyl (C=O) groups excluding carboxylic acids is 1. The Morgan fingerprint density at radius 1 is 1.41 bits per heavy atom. The zero-order valence-corrected chi connectivity index (χ0v) is 13.8. The van der Waals surface area contributed by atoms with Crippen LogP contribution in [0.25, 0.3) is 0 Å². The van der Waals surface area contributed by atoms with Crippen molar-refractivity contribution in [2.45, 2.75) is 39.3 Å². The molecule has 7 heteroatoms. The number of benzene rings is 1. The number of nitro groups is 1. The highest BCUT2D eigenvalue weighted by Gasteiger charge is 2.29. The van der Waals surface area contributed by atoms with Gasteiger partial charge in [0.2, 0.25) is 0 Å². The van der Waals surface area contributed by atoms with Crippen molar-refractivity contribution in [2.75, 3.05) is 6.54 Å². The molecule has 0 spiro atoms. The molecule has 0 bridgehead atoms. The Morgan fingerprint density at radius 3 is 2.68 bits per heavy atom. The van der Waals surface area contributed by atoms with Crippen molar-refractivity contribution in [2.24, 2.45) is 5.92 Å². The van der Waals surface area contributed by atoms with E-state index in [0.717, 1.165) is 18.5 Å². The quantitative estimate of drug-likeness (QED) is 0.659. The molecule has 1 aromatic carbocycles. The maximum Gasteiger partial charge on any atom is 0.270 e. The molecular weight excluding hydrogens is 306 g/mol. The average molecular weight is 328 g/mol. The third-order valence-electron chi connectivity index (χ3n) is 4.19. The van der Waals surface area contributed by atoms with Crippen molar-refractivity contribution in [1.29, 1.82) is 0 Å². The van der Waals surface area contributed by atoms with Crippen LogP contribution in [0, 0.1) is 23.0 Å². The van der Waals surface area contributed by atoms with E-state index in [-0.39, 0.29) is 36.1 Å². The first-order chi connectivity index (χ1) is 9.90. The molecule has 1 aromatic rings. The highest BCUT2D eigenvalue weighted by Crippen LogP contribution is 2.20. The van der Waals surface area contributed by atoms with Gasteiger partial charge in [-0.2, -0.15) is 0 Å². The zero-order chi connectivity index (χ0) is 15.6. The van der Waals surface area contributed by atoms with Gasteiger partial charge in [0.25, 0.3) is 11.6 Å². The van der Waals surface area contributed by atoms with Crippen molar-refractivity contribution >= 4 is 24.0 Å². The lowest BCUT2D eigenvalue weighted by Gasteiger charge is -2.36. The van der Waals surface area contributed by atoms with Crippen LogP contribution in [0.3, 0.4) is 0 Å². The number of amides is 1. The number of piperidine rings is 1. The van der Waals surface area contributed by atoms with Crippen LogP contribution in [0.15, 0.2) is 18.2 Å². The molecule has 2 N–H and O–H groups in total. The maximum absolute atomic E-state index is 12.4. The second kappa shape index (κ2) is 7.56. The fraction of sp³-hybridized carbons (Fsp3) is 0.533. The molecule has 1 heterocycles. The summed E-state index contributed by atoms with van der Waals surface area (Å²) >= 11 is 0. The van der Waals surface area contributed by atoms with Crippen molar-refractivity contribution in [1.82, 2.24) is 10.6 Å². The number of nitrogens with one attached hydrogen (secondary N) is 2. The highest BCUT2D eigenvalue weighted by molar-refractivity contribution is 5.96. The van der Waals surface area contributed by atoms with E-state index in [2.05, 4.69) is 17.6 Å². The first-order valence-electron chi connectivity index (χ1n) is 7.19. The van der Waals surface area contributed by atoms with E-state index in [1.165, 1.54) is 12.1 Å². The number of aryl methyl sites for hydroxylation is 1. The molecule has 3 atom stereocenters. The van der Waals surface area contributed by atoms with Crippen LogP contribution in [0.1, 0.15) is 36.2 Å². The number of hydrogen-bond donors (Lipinski definition) is 2. The fourth-order valence-corrected chi connectivity index (χ4v) is 2.80. The largest absolute Gasteiger partial charge is 0.347 e. The molecule has 22 heavy (non-hydrogen) atoms. The molecule has 3 unspecified atom stereocenters. The Kier molecular flexibility index (Phi) is 6.32. The number of halogens is 1. The predicted octanol–water partition coefficient (Wildman–Crippen LogP) is 2.44. The summed E-state index contributed by atoms with van der Waals surface area (Å²) in [4.78, 5) is 22.8. The van der Waals surface area contributed by atoms with Crippen LogP contribution in [-0.2, 0) is 0 Å². The maximum atomic E-state index is 12.4. The van der Waals surface area contributed by atoms with Gasteiger partial charge in [-0.15, -0.1) is 12.4 Å². The van der Waals surface area contributed by atoms with Crippen LogP contribution in [-0.4, -0.2) is 29.5 Å². The molecule has 2 rings (SSSR count). The van der Waals surface area contributed by atoms with Crippen LogP contribution in [0.4, 0.5) is 5.69 Å². The smallest absolute Gasteiger partial charge is 0.270 e. The van der Waals surface area contributed by atoms with Crippen molar-refractivity contribution < 1.29 is 9.72 Å². The molecule has 122 valence electrons. The van der Waals surface area contributed by atoms with Gasteiger partial charge >= 0.3 is 0 Å². The number of hydrogen-bond acceptors (Lipinski definition) is 4. The molecule has 1 aliphatic heterocycles. The molecular formula is C15H22ClN3O3. The zero-order valence-electron chi connectivity index (χ0n) is 13.0. The molecule has 1 saturated heterocycles. The molecule has 1 fully saturated rings. The third-order valence-corrected chi connectivity index (χ3v) is 4.19. The molecule has 1 amide bonds. The number of carbonyl (C=O) groups is 1. The van der Waals surface area contributed by atoms with Crippen LogP contribution in [0.2, 0.25) is 0 Å². The summed E-state index contributed by atoms with van der Waals surface area (Å²) in [6, 6.07) is 4.59. The molecule has 1 aliphatic rings. The van der Waals surface area contributed by atoms with E-state index in [9.17, 15) is 14.9 Å². The van der Waals surface area contributed by atoms with E-state index < -0.39 is 4.92 Å². The summed E-state index contributed by atoms with van der Waals surface area (Å²) < 4.78 is 0. The Balaban J connectivity index is 0.00000242. The van der Waals surface area contributed by atoms with E-state index in [1.54, 1.807) is 13.0 Å². The Labute approximate surface area is 136 Å². The van der Waals surface area contributed by atoms with Gasteiger partial charge in [-0.05, 0) is 38.3 Å². The number of rotatable bonds is 3. The normalized spacial score (nSPS) is 24.2. The fourth-order valence-electron chi connectivity index (χ4n) is 2.80. The van der Waals surface area contributed by atoms with Gasteiger partial charge in [-0.25, -0.2) is 0 Å². The van der Waals surface area contributed by atoms with Crippen LogP contribution >= 0.6 is 12.4 Å². The molecule has 0 aliphatic carbocycles. The lowest BCUT2D eigenvalue weighted by atomic mass is 9.89. The van der Waals surface area contributed by atoms with E-state index >= 15 is 0 Å². The SMILES string of the molecule is Cc1ccc([N+](=O)[O-])cc1C(=O)NC1C(C)CCNC1C.Cl. The van der Waals surface area contributed by atoms with Gasteiger partial charge in [-0.1, -0.05) is 13.0 Å². The Bertz CT molecular complexity index is 555. The summed E-state index contributed by atoms with van der Waals surface area (Å²) in [6.45, 7) is 6.89. The monoisotopic (exact) mass is 327 g/mol. The predicted molar refractivity (Wildman–Crippen MR) is 87.6 cm³/mol. The van der Waals surface area contributed by atoms with E-state index in [1.807, 2.05) is 6.92 Å². The molecule has 6 nitrogen and oxygen atoms in total. The first kappa shape index (κ1) is 18.4. The van der Waals surface area contributed by atoms with Crippen LogP contribution in [0.5, 0.6) is 0 Å². The van der Waals surface area contributed by atoms with Crippen molar-refractivity contribution in [3.63, 3.8) is 0 Å². The summed E-state index contributed by atoms with van der Waals surface area (Å²) in [5, 5.41) is 17.2. The first-order valence-corrected chi connectivity index (χ1v) is 7.19. The second-order valence-corrected chi connectivity index (χ2v) is 5.76. The summed E-state index contributed by atoms with van der Waals surface area (Å²) in [5.74, 6) is 0.132. The second-order valence-electron chi connectivity index (χ2n) is 5.76. The number of nitrogens with zero attached hydrogens (tertiary/aromatic N) is 1. The minimum atomic E-state index is -0.483. The lowest BCUT2D eigenvalue weighted by molar-refractivity contribution is -0.384. The molecule has 0 radical (unpaired) electrons. The van der Waals surface area contributed by atoms with Gasteiger partial charge in [0.15, 0.2) is 0 Å². The summed E-state index contributed by atoms with van der Waals surface area (Å²) in [7, 11) is 0. The Hall–Kier alpha value is -1.66. The Morgan fingerprint density at radius 2 is 2.09 bits per heavy atom. The van der Waals surface area contributed by atoms with Gasteiger partial charge < -0.3 is 10.6 Å². The van der Waals surface area contributed by atoms with E-state index in [0.29, 0.717) is 11.5 Å². The van der Waals surface area contributed by atoms with Gasteiger partial charge in [0.05, 0.1) is 4.92 Å². The molecule has 0 aromatic heterocycles. The average Bonchev–Trinajstić information content (AvgIpc) is 2.43.